The summed E-state index contributed by atoms with van der Waals surface area (Å²) in [6.07, 6.45) is 8.18. The summed E-state index contributed by atoms with van der Waals surface area (Å²) in [5.41, 5.74) is 3.64. The fourth-order valence-electron chi connectivity index (χ4n) is 5.80. The van der Waals surface area contributed by atoms with E-state index in [4.69, 9.17) is 9.47 Å². The lowest BCUT2D eigenvalue weighted by Gasteiger charge is -2.49. The zero-order chi connectivity index (χ0) is 21.3. The molecule has 166 valence electrons. The lowest BCUT2D eigenvalue weighted by molar-refractivity contribution is -0.154. The zero-order valence-electron chi connectivity index (χ0n) is 17.8. The predicted octanol–water partition coefficient (Wildman–Crippen LogP) is 4.73. The van der Waals surface area contributed by atoms with Crippen LogP contribution in [0.2, 0.25) is 0 Å². The fraction of sp³-hybridized carbons (Fsp3) is 0.560. The lowest BCUT2D eigenvalue weighted by atomic mass is 9.66. The van der Waals surface area contributed by atoms with Gasteiger partial charge in [-0.05, 0) is 80.8 Å². The van der Waals surface area contributed by atoms with Gasteiger partial charge in [-0.3, -0.25) is 4.98 Å². The van der Waals surface area contributed by atoms with Crippen molar-refractivity contribution < 1.29 is 13.9 Å². The van der Waals surface area contributed by atoms with Crippen molar-refractivity contribution in [2.75, 3.05) is 26.4 Å². The van der Waals surface area contributed by atoms with Crippen molar-refractivity contribution in [3.05, 3.63) is 63.6 Å². The molecule has 2 aromatic rings. The molecule has 2 aliphatic heterocycles. The van der Waals surface area contributed by atoms with Gasteiger partial charge in [0.05, 0.1) is 11.8 Å². The highest BCUT2D eigenvalue weighted by Crippen LogP contribution is 2.47. The first-order chi connectivity index (χ1) is 15.1. The van der Waals surface area contributed by atoms with Gasteiger partial charge in [0.2, 0.25) is 0 Å². The number of rotatable bonds is 5. The molecule has 0 saturated carbocycles. The maximum Gasteiger partial charge on any atom is 0.141 e. The molecule has 2 fully saturated rings. The molecule has 6 heteroatoms. The molecule has 0 radical (unpaired) electrons. The summed E-state index contributed by atoms with van der Waals surface area (Å²) in [6, 6.07) is 10.4. The first kappa shape index (κ1) is 21.5. The molecule has 3 aliphatic rings. The molecule has 5 rings (SSSR count). The lowest BCUT2D eigenvalue weighted by Crippen LogP contribution is -2.51. The average Bonchev–Trinajstić information content (AvgIpc) is 3.19. The predicted molar refractivity (Wildman–Crippen MR) is 122 cm³/mol. The molecule has 1 N–H and O–H groups in total. The van der Waals surface area contributed by atoms with Gasteiger partial charge in [-0.1, -0.05) is 28.1 Å². The minimum Gasteiger partial charge on any atom is -0.381 e. The maximum atomic E-state index is 13.6. The molecule has 3 heterocycles. The van der Waals surface area contributed by atoms with Gasteiger partial charge in [-0.2, -0.15) is 0 Å². The van der Waals surface area contributed by atoms with Crippen molar-refractivity contribution in [2.24, 2.45) is 0 Å². The average molecular weight is 489 g/mol. The molecule has 1 aromatic carbocycles. The molecule has 1 aromatic heterocycles. The zero-order valence-corrected chi connectivity index (χ0v) is 19.4. The SMILES string of the molecule is Fc1ccc(C2(CCN[C@H]3Cc4cccc(Br)c4C3)CCOC3(CCOCC3)C2)nc1. The highest BCUT2D eigenvalue weighted by molar-refractivity contribution is 9.10. The summed E-state index contributed by atoms with van der Waals surface area (Å²) >= 11 is 3.70. The van der Waals surface area contributed by atoms with Crippen LogP contribution in [0.3, 0.4) is 0 Å². The highest BCUT2D eigenvalue weighted by Gasteiger charge is 2.48. The first-order valence-corrected chi connectivity index (χ1v) is 12.2. The second-order valence-electron chi connectivity index (χ2n) is 9.40. The Kier molecular flexibility index (Phi) is 6.17. The second kappa shape index (κ2) is 8.89. The molecular weight excluding hydrogens is 459 g/mol. The van der Waals surface area contributed by atoms with Crippen LogP contribution in [-0.2, 0) is 27.7 Å². The van der Waals surface area contributed by atoms with Crippen molar-refractivity contribution in [2.45, 2.75) is 62.0 Å². The molecule has 1 aliphatic carbocycles. The van der Waals surface area contributed by atoms with Crippen LogP contribution in [0, 0.1) is 5.82 Å². The van der Waals surface area contributed by atoms with Gasteiger partial charge >= 0.3 is 0 Å². The number of hydrogen-bond acceptors (Lipinski definition) is 4. The highest BCUT2D eigenvalue weighted by atomic mass is 79.9. The van der Waals surface area contributed by atoms with Crippen molar-refractivity contribution in [1.29, 1.82) is 0 Å². The number of pyridine rings is 1. The Hall–Kier alpha value is -1.34. The number of nitrogens with zero attached hydrogens (tertiary/aromatic N) is 1. The molecular formula is C25H30BrFN2O2. The number of halogens is 2. The van der Waals surface area contributed by atoms with E-state index in [-0.39, 0.29) is 16.8 Å². The summed E-state index contributed by atoms with van der Waals surface area (Å²) in [5.74, 6) is -0.279. The van der Waals surface area contributed by atoms with Crippen LogP contribution in [0.25, 0.3) is 0 Å². The van der Waals surface area contributed by atoms with Gasteiger partial charge in [0.1, 0.15) is 5.82 Å². The van der Waals surface area contributed by atoms with Crippen LogP contribution in [0.1, 0.15) is 48.9 Å². The summed E-state index contributed by atoms with van der Waals surface area (Å²) in [4.78, 5) is 4.55. The number of hydrogen-bond donors (Lipinski definition) is 1. The Morgan fingerprint density at radius 1 is 1.10 bits per heavy atom. The minimum atomic E-state index is -0.279. The van der Waals surface area contributed by atoms with Crippen LogP contribution in [0.4, 0.5) is 4.39 Å². The van der Waals surface area contributed by atoms with Gasteiger partial charge in [0.15, 0.2) is 0 Å². The van der Waals surface area contributed by atoms with Crippen molar-refractivity contribution in [3.8, 4) is 0 Å². The molecule has 2 atom stereocenters. The van der Waals surface area contributed by atoms with Crippen molar-refractivity contribution in [1.82, 2.24) is 10.3 Å². The third-order valence-corrected chi connectivity index (χ3v) is 8.24. The number of nitrogens with one attached hydrogen (secondary N) is 1. The monoisotopic (exact) mass is 488 g/mol. The van der Waals surface area contributed by atoms with E-state index in [9.17, 15) is 4.39 Å². The summed E-state index contributed by atoms with van der Waals surface area (Å²) in [5, 5.41) is 3.81. The van der Waals surface area contributed by atoms with E-state index in [1.54, 1.807) is 6.07 Å². The van der Waals surface area contributed by atoms with E-state index in [0.717, 1.165) is 77.0 Å². The Balaban J connectivity index is 1.31. The smallest absolute Gasteiger partial charge is 0.141 e. The van der Waals surface area contributed by atoms with E-state index in [2.05, 4.69) is 44.4 Å². The van der Waals surface area contributed by atoms with Gasteiger partial charge in [0, 0.05) is 41.4 Å². The van der Waals surface area contributed by atoms with Crippen molar-refractivity contribution >= 4 is 15.9 Å². The fourth-order valence-corrected chi connectivity index (χ4v) is 6.37. The third kappa shape index (κ3) is 4.45. The van der Waals surface area contributed by atoms with E-state index < -0.39 is 0 Å². The van der Waals surface area contributed by atoms with Gasteiger partial charge < -0.3 is 14.8 Å². The number of ether oxygens (including phenoxy) is 2. The Labute approximate surface area is 192 Å². The minimum absolute atomic E-state index is 0.0949. The maximum absolute atomic E-state index is 13.6. The summed E-state index contributed by atoms with van der Waals surface area (Å²) in [6.45, 7) is 3.14. The number of benzene rings is 1. The molecule has 2 saturated heterocycles. The van der Waals surface area contributed by atoms with Crippen LogP contribution >= 0.6 is 15.9 Å². The van der Waals surface area contributed by atoms with E-state index in [1.807, 2.05) is 6.07 Å². The molecule has 1 spiro atoms. The molecule has 4 nitrogen and oxygen atoms in total. The largest absolute Gasteiger partial charge is 0.381 e. The first-order valence-electron chi connectivity index (χ1n) is 11.4. The molecule has 31 heavy (non-hydrogen) atoms. The van der Waals surface area contributed by atoms with E-state index in [1.165, 1.54) is 21.8 Å². The summed E-state index contributed by atoms with van der Waals surface area (Å²) < 4.78 is 26.8. The van der Waals surface area contributed by atoms with Crippen LogP contribution in [-0.4, -0.2) is 43.0 Å². The van der Waals surface area contributed by atoms with E-state index >= 15 is 0 Å². The van der Waals surface area contributed by atoms with Crippen LogP contribution in [0.5, 0.6) is 0 Å². The Morgan fingerprint density at radius 2 is 1.97 bits per heavy atom. The molecule has 0 bridgehead atoms. The summed E-state index contributed by atoms with van der Waals surface area (Å²) in [7, 11) is 0. The number of aromatic nitrogens is 1. The Bertz CT molecular complexity index is 911. The van der Waals surface area contributed by atoms with Crippen LogP contribution < -0.4 is 5.32 Å². The van der Waals surface area contributed by atoms with Crippen molar-refractivity contribution in [3.63, 3.8) is 0 Å². The van der Waals surface area contributed by atoms with E-state index in [0.29, 0.717) is 6.04 Å². The van der Waals surface area contributed by atoms with Gasteiger partial charge in [-0.15, -0.1) is 0 Å². The van der Waals surface area contributed by atoms with Crippen LogP contribution in [0.15, 0.2) is 41.0 Å². The number of fused-ring (bicyclic) bond motifs is 1. The van der Waals surface area contributed by atoms with Gasteiger partial charge in [-0.25, -0.2) is 4.39 Å². The Morgan fingerprint density at radius 3 is 2.74 bits per heavy atom. The third-order valence-electron chi connectivity index (χ3n) is 7.49. The standard InChI is InChI=1S/C25H30BrFN2O2/c26-22-3-1-2-18-14-20(15-21(18)22)28-10-6-24(23-5-4-19(27)16-29-23)7-13-31-25(17-24)8-11-30-12-9-25/h1-5,16,20,28H,6-15,17H2/t20-,24?/m0/s1. The molecule has 0 amide bonds. The quantitative estimate of drug-likeness (QED) is 0.660. The second-order valence-corrected chi connectivity index (χ2v) is 10.3. The molecule has 1 unspecified atom stereocenters. The van der Waals surface area contributed by atoms with Gasteiger partial charge in [0.25, 0.3) is 0 Å². The topological polar surface area (TPSA) is 43.4 Å². The normalized spacial score (nSPS) is 27.4.